The molecule has 0 N–H and O–H groups in total. The second-order valence-electron chi connectivity index (χ2n) is 9.81. The van der Waals surface area contributed by atoms with Crippen molar-refractivity contribution in [3.63, 3.8) is 0 Å². The molecule has 0 saturated carbocycles. The molecule has 1 aromatic heterocycles. The average Bonchev–Trinajstić information content (AvgIpc) is 3.16. The lowest BCUT2D eigenvalue weighted by Crippen LogP contribution is -2.41. The van der Waals surface area contributed by atoms with Gasteiger partial charge in [-0.05, 0) is 87.6 Å². The van der Waals surface area contributed by atoms with Gasteiger partial charge < -0.3 is 13.9 Å². The van der Waals surface area contributed by atoms with E-state index < -0.39 is 0 Å². The minimum Gasteiger partial charge on any atom is -0.488 e. The van der Waals surface area contributed by atoms with Gasteiger partial charge in [0.1, 0.15) is 17.1 Å². The summed E-state index contributed by atoms with van der Waals surface area (Å²) in [6.45, 7) is 13.3. The van der Waals surface area contributed by atoms with Gasteiger partial charge in [-0.1, -0.05) is 26.7 Å². The molecule has 1 aliphatic rings. The van der Waals surface area contributed by atoms with Crippen LogP contribution in [-0.2, 0) is 27.8 Å². The Hall–Kier alpha value is -2.67. The lowest BCUT2D eigenvalue weighted by atomic mass is 9.73. The van der Waals surface area contributed by atoms with E-state index in [1.807, 2.05) is 19.1 Å². The van der Waals surface area contributed by atoms with E-state index in [4.69, 9.17) is 13.9 Å². The molecule has 2 heterocycles. The number of ether oxygens (including phenoxy) is 2. The average molecular weight is 437 g/mol. The lowest BCUT2D eigenvalue weighted by molar-refractivity contribution is -0.143. The van der Waals surface area contributed by atoms with Gasteiger partial charge in [0.15, 0.2) is 5.76 Å². The topological polar surface area (TPSA) is 48.7 Å². The van der Waals surface area contributed by atoms with Crippen molar-refractivity contribution in [1.29, 1.82) is 0 Å². The summed E-state index contributed by atoms with van der Waals surface area (Å²) in [5.41, 5.74) is 3.31. The van der Waals surface area contributed by atoms with Crippen molar-refractivity contribution >= 4 is 5.97 Å². The predicted molar refractivity (Wildman–Crippen MR) is 127 cm³/mol. The van der Waals surface area contributed by atoms with Gasteiger partial charge in [-0.3, -0.25) is 4.79 Å². The molecule has 0 bridgehead atoms. The Labute approximate surface area is 192 Å². The largest absolute Gasteiger partial charge is 0.488 e. The van der Waals surface area contributed by atoms with Crippen LogP contribution in [0.2, 0.25) is 0 Å². The maximum atomic E-state index is 11.4. The fraction of sp³-hybridized carbons (Fsp3) is 0.536. The number of carbonyl (C=O) groups is 1. The van der Waals surface area contributed by atoms with Gasteiger partial charge >= 0.3 is 5.97 Å². The highest BCUT2D eigenvalue weighted by molar-refractivity contribution is 5.69. The summed E-state index contributed by atoms with van der Waals surface area (Å²) in [6, 6.07) is 8.27. The van der Waals surface area contributed by atoms with E-state index in [2.05, 4.69) is 58.6 Å². The zero-order chi connectivity index (χ0) is 23.4. The van der Waals surface area contributed by atoms with Crippen LogP contribution in [0.4, 0.5) is 0 Å². The first-order valence-corrected chi connectivity index (χ1v) is 11.8. The maximum Gasteiger partial charge on any atom is 0.305 e. The number of rotatable bonds is 7. The molecule has 4 nitrogen and oxygen atoms in total. The van der Waals surface area contributed by atoms with E-state index in [9.17, 15) is 4.79 Å². The van der Waals surface area contributed by atoms with Crippen LogP contribution >= 0.6 is 0 Å². The molecule has 0 unspecified atom stereocenters. The minimum atomic E-state index is -0.171. The first-order valence-electron chi connectivity index (χ1n) is 11.8. The maximum absolute atomic E-state index is 11.4. The molecule has 2 aromatic rings. The standard InChI is InChI=1S/C28H36O4/c1-7-20-18-25-24(27(3,4)19-28(5,6)32-25)17-21(20)13-14-23-16-15-22(31-23)11-9-10-12-26(29)30-8-2/h15-18H,7-12,19H2,1-6H3. The fourth-order valence-corrected chi connectivity index (χ4v) is 4.65. The van der Waals surface area contributed by atoms with Crippen LogP contribution < -0.4 is 4.74 Å². The monoisotopic (exact) mass is 436 g/mol. The Kier molecular flexibility index (Phi) is 7.39. The summed E-state index contributed by atoms with van der Waals surface area (Å²) in [7, 11) is 0. The third-order valence-electron chi connectivity index (χ3n) is 5.91. The fourth-order valence-electron chi connectivity index (χ4n) is 4.65. The zero-order valence-corrected chi connectivity index (χ0v) is 20.4. The molecule has 1 aliphatic heterocycles. The molecular weight excluding hydrogens is 400 g/mol. The van der Waals surface area contributed by atoms with Gasteiger partial charge in [-0.25, -0.2) is 0 Å². The first-order chi connectivity index (χ1) is 15.1. The van der Waals surface area contributed by atoms with Gasteiger partial charge in [0.2, 0.25) is 0 Å². The van der Waals surface area contributed by atoms with E-state index in [1.54, 1.807) is 0 Å². The third kappa shape index (κ3) is 5.97. The number of carbonyl (C=O) groups excluding carboxylic acids is 1. The van der Waals surface area contributed by atoms with Crippen molar-refractivity contribution in [2.45, 2.75) is 91.1 Å². The SMILES string of the molecule is CCOC(=O)CCCCc1ccc(C#Cc2cc3c(cc2CC)OC(C)(C)CC3(C)C)o1. The molecule has 0 radical (unpaired) electrons. The Bertz CT molecular complexity index is 1010. The van der Waals surface area contributed by atoms with Gasteiger partial charge in [0, 0.05) is 24.0 Å². The summed E-state index contributed by atoms with van der Waals surface area (Å²) in [5.74, 6) is 8.96. The highest BCUT2D eigenvalue weighted by atomic mass is 16.5. The van der Waals surface area contributed by atoms with E-state index in [-0.39, 0.29) is 17.0 Å². The lowest BCUT2D eigenvalue weighted by Gasteiger charge is -2.42. The summed E-state index contributed by atoms with van der Waals surface area (Å²) in [5, 5.41) is 0. The molecule has 32 heavy (non-hydrogen) atoms. The Morgan fingerprint density at radius 1 is 1.09 bits per heavy atom. The van der Waals surface area contributed by atoms with Crippen LogP contribution in [0.1, 0.15) is 95.4 Å². The van der Waals surface area contributed by atoms with Crippen LogP contribution in [0, 0.1) is 11.8 Å². The van der Waals surface area contributed by atoms with Crippen LogP contribution in [-0.4, -0.2) is 18.2 Å². The third-order valence-corrected chi connectivity index (χ3v) is 5.91. The Balaban J connectivity index is 1.71. The summed E-state index contributed by atoms with van der Waals surface area (Å²) in [4.78, 5) is 11.4. The first kappa shape index (κ1) is 24.0. The molecule has 172 valence electrons. The molecule has 0 fully saturated rings. The molecule has 0 saturated heterocycles. The van der Waals surface area contributed by atoms with Gasteiger partial charge in [-0.15, -0.1) is 0 Å². The second-order valence-corrected chi connectivity index (χ2v) is 9.81. The molecule has 0 aliphatic carbocycles. The van der Waals surface area contributed by atoms with Crippen molar-refractivity contribution in [2.24, 2.45) is 0 Å². The Morgan fingerprint density at radius 2 is 1.88 bits per heavy atom. The zero-order valence-electron chi connectivity index (χ0n) is 20.4. The Morgan fingerprint density at radius 3 is 2.59 bits per heavy atom. The number of benzene rings is 1. The van der Waals surface area contributed by atoms with Crippen molar-refractivity contribution in [3.8, 4) is 17.6 Å². The number of unbranched alkanes of at least 4 members (excludes halogenated alkanes) is 1. The molecule has 0 amide bonds. The molecule has 1 aromatic carbocycles. The molecule has 4 heteroatoms. The minimum absolute atomic E-state index is 0.0290. The number of aryl methyl sites for hydroxylation is 2. The predicted octanol–water partition coefficient (Wildman–Crippen LogP) is 6.36. The van der Waals surface area contributed by atoms with Crippen molar-refractivity contribution < 1.29 is 18.7 Å². The van der Waals surface area contributed by atoms with Gasteiger partial charge in [-0.2, -0.15) is 0 Å². The molecule has 0 atom stereocenters. The number of hydrogen-bond acceptors (Lipinski definition) is 4. The second kappa shape index (κ2) is 9.86. The highest BCUT2D eigenvalue weighted by Gasteiger charge is 2.39. The quantitative estimate of drug-likeness (QED) is 0.288. The van der Waals surface area contributed by atoms with Gasteiger partial charge in [0.05, 0.1) is 6.61 Å². The van der Waals surface area contributed by atoms with Crippen LogP contribution in [0.5, 0.6) is 5.75 Å². The van der Waals surface area contributed by atoms with Crippen LogP contribution in [0.25, 0.3) is 0 Å². The summed E-state index contributed by atoms with van der Waals surface area (Å²) >= 11 is 0. The summed E-state index contributed by atoms with van der Waals surface area (Å²) in [6.07, 6.45) is 4.78. The van der Waals surface area contributed by atoms with Crippen molar-refractivity contribution in [2.75, 3.05) is 6.61 Å². The van der Waals surface area contributed by atoms with E-state index in [0.29, 0.717) is 18.8 Å². The van der Waals surface area contributed by atoms with Gasteiger partial charge in [0.25, 0.3) is 0 Å². The highest BCUT2D eigenvalue weighted by Crippen LogP contribution is 2.45. The van der Waals surface area contributed by atoms with Crippen molar-refractivity contribution in [3.05, 3.63) is 52.5 Å². The van der Waals surface area contributed by atoms with Crippen LogP contribution in [0.15, 0.2) is 28.7 Å². The smallest absolute Gasteiger partial charge is 0.305 e. The molecular formula is C28H36O4. The molecule has 0 spiro atoms. The number of esters is 1. The van der Waals surface area contributed by atoms with Crippen LogP contribution in [0.3, 0.4) is 0 Å². The number of hydrogen-bond donors (Lipinski definition) is 0. The van der Waals surface area contributed by atoms with Crippen molar-refractivity contribution in [1.82, 2.24) is 0 Å². The molecule has 3 rings (SSSR count). The number of furan rings is 1. The number of fused-ring (bicyclic) bond motifs is 1. The van der Waals surface area contributed by atoms with E-state index in [1.165, 1.54) is 11.1 Å². The van der Waals surface area contributed by atoms with E-state index >= 15 is 0 Å². The summed E-state index contributed by atoms with van der Waals surface area (Å²) < 4.78 is 17.2. The normalized spacial score (nSPS) is 15.8. The van der Waals surface area contributed by atoms with E-state index in [0.717, 1.165) is 49.2 Å².